The first-order valence-corrected chi connectivity index (χ1v) is 9.77. The van der Waals surface area contributed by atoms with E-state index in [9.17, 15) is 4.79 Å². The van der Waals surface area contributed by atoms with Gasteiger partial charge >= 0.3 is 6.03 Å². The zero-order chi connectivity index (χ0) is 20.4. The van der Waals surface area contributed by atoms with Gasteiger partial charge in [0.1, 0.15) is 12.1 Å². The summed E-state index contributed by atoms with van der Waals surface area (Å²) in [6.07, 6.45) is 3.65. The van der Waals surface area contributed by atoms with E-state index < -0.39 is 0 Å². The summed E-state index contributed by atoms with van der Waals surface area (Å²) in [7, 11) is 3.79. The van der Waals surface area contributed by atoms with E-state index >= 15 is 0 Å². The second-order valence-corrected chi connectivity index (χ2v) is 7.47. The van der Waals surface area contributed by atoms with Crippen LogP contribution in [0.4, 0.5) is 16.3 Å². The molecule has 2 aromatic heterocycles. The van der Waals surface area contributed by atoms with Gasteiger partial charge in [0, 0.05) is 50.5 Å². The van der Waals surface area contributed by atoms with Crippen LogP contribution in [0.3, 0.4) is 0 Å². The van der Waals surface area contributed by atoms with Gasteiger partial charge in [0.15, 0.2) is 5.82 Å². The molecule has 0 spiro atoms. The molecule has 9 heteroatoms. The van der Waals surface area contributed by atoms with Crippen molar-refractivity contribution >= 4 is 17.5 Å². The highest BCUT2D eigenvalue weighted by atomic mass is 16.2. The van der Waals surface area contributed by atoms with Gasteiger partial charge in [-0.1, -0.05) is 0 Å². The SMILES string of the molecule is Cc1cc(N2CCCC(NC(=O)Nc3ccc(-c4ncn(C)n4)cc3)C2)n(C)n1. The van der Waals surface area contributed by atoms with Crippen LogP contribution in [0.1, 0.15) is 18.5 Å². The number of urea groups is 1. The van der Waals surface area contributed by atoms with Gasteiger partial charge in [-0.2, -0.15) is 10.2 Å². The van der Waals surface area contributed by atoms with Crippen molar-refractivity contribution in [2.75, 3.05) is 23.3 Å². The highest BCUT2D eigenvalue weighted by Gasteiger charge is 2.23. The van der Waals surface area contributed by atoms with Crippen LogP contribution in [0.2, 0.25) is 0 Å². The minimum atomic E-state index is -0.193. The molecule has 3 heterocycles. The van der Waals surface area contributed by atoms with Crippen LogP contribution in [0, 0.1) is 6.92 Å². The van der Waals surface area contributed by atoms with Crippen LogP contribution >= 0.6 is 0 Å². The van der Waals surface area contributed by atoms with Crippen LogP contribution in [0.5, 0.6) is 0 Å². The smallest absolute Gasteiger partial charge is 0.319 e. The lowest BCUT2D eigenvalue weighted by molar-refractivity contribution is 0.246. The summed E-state index contributed by atoms with van der Waals surface area (Å²) >= 11 is 0. The zero-order valence-electron chi connectivity index (χ0n) is 17.0. The molecule has 1 aliphatic rings. The van der Waals surface area contributed by atoms with Crippen LogP contribution in [0.25, 0.3) is 11.4 Å². The quantitative estimate of drug-likeness (QED) is 0.708. The fourth-order valence-corrected chi connectivity index (χ4v) is 3.72. The largest absolute Gasteiger partial charge is 0.355 e. The molecule has 152 valence electrons. The number of carbonyl (C=O) groups excluding carboxylic acids is 1. The van der Waals surface area contributed by atoms with Gasteiger partial charge < -0.3 is 15.5 Å². The maximum absolute atomic E-state index is 12.5. The van der Waals surface area contributed by atoms with Crippen molar-refractivity contribution in [1.82, 2.24) is 29.9 Å². The maximum Gasteiger partial charge on any atom is 0.319 e. The monoisotopic (exact) mass is 394 g/mol. The summed E-state index contributed by atoms with van der Waals surface area (Å²) in [6, 6.07) is 9.50. The predicted octanol–water partition coefficient (Wildman–Crippen LogP) is 2.31. The average Bonchev–Trinajstić information content (AvgIpc) is 3.27. The third-order valence-electron chi connectivity index (χ3n) is 5.06. The second kappa shape index (κ2) is 7.94. The molecule has 9 nitrogen and oxygen atoms in total. The highest BCUT2D eigenvalue weighted by Crippen LogP contribution is 2.21. The van der Waals surface area contributed by atoms with Crippen molar-refractivity contribution in [3.8, 4) is 11.4 Å². The molecule has 1 fully saturated rings. The number of hydrogen-bond acceptors (Lipinski definition) is 5. The summed E-state index contributed by atoms with van der Waals surface area (Å²) in [4.78, 5) is 19.0. The fraction of sp³-hybridized carbons (Fsp3) is 0.400. The average molecular weight is 394 g/mol. The Morgan fingerprint density at radius 1 is 1.17 bits per heavy atom. The minimum absolute atomic E-state index is 0.0935. The molecule has 0 saturated carbocycles. The predicted molar refractivity (Wildman–Crippen MR) is 112 cm³/mol. The van der Waals surface area contributed by atoms with Gasteiger partial charge in [-0.25, -0.2) is 9.78 Å². The summed E-state index contributed by atoms with van der Waals surface area (Å²) in [5.74, 6) is 1.75. The molecule has 1 aliphatic heterocycles. The number of hydrogen-bond donors (Lipinski definition) is 2. The molecule has 2 N–H and O–H groups in total. The first kappa shape index (κ1) is 19.0. The molecule has 1 unspecified atom stereocenters. The molecular formula is C20H26N8O. The van der Waals surface area contributed by atoms with Gasteiger partial charge in [0.25, 0.3) is 0 Å². The molecule has 0 radical (unpaired) electrons. The Balaban J connectivity index is 1.34. The van der Waals surface area contributed by atoms with E-state index in [1.54, 1.807) is 11.0 Å². The number of nitrogens with zero attached hydrogens (tertiary/aromatic N) is 6. The molecule has 1 aromatic carbocycles. The number of carbonyl (C=O) groups is 1. The van der Waals surface area contributed by atoms with Gasteiger partial charge in [-0.3, -0.25) is 9.36 Å². The van der Waals surface area contributed by atoms with E-state index in [-0.39, 0.29) is 12.1 Å². The summed E-state index contributed by atoms with van der Waals surface area (Å²) < 4.78 is 3.56. The molecule has 1 atom stereocenters. The van der Waals surface area contributed by atoms with E-state index in [1.165, 1.54) is 0 Å². The molecule has 3 aromatic rings. The minimum Gasteiger partial charge on any atom is -0.355 e. The first-order valence-electron chi connectivity index (χ1n) is 9.77. The highest BCUT2D eigenvalue weighted by molar-refractivity contribution is 5.89. The second-order valence-electron chi connectivity index (χ2n) is 7.47. The number of aryl methyl sites for hydroxylation is 3. The zero-order valence-corrected chi connectivity index (χ0v) is 17.0. The van der Waals surface area contributed by atoms with Gasteiger partial charge in [0.2, 0.25) is 0 Å². The van der Waals surface area contributed by atoms with Crippen molar-refractivity contribution < 1.29 is 4.79 Å². The summed E-state index contributed by atoms with van der Waals surface area (Å²) in [5.41, 5.74) is 2.64. The Morgan fingerprint density at radius 3 is 2.62 bits per heavy atom. The molecule has 0 bridgehead atoms. The van der Waals surface area contributed by atoms with E-state index in [4.69, 9.17) is 0 Å². The standard InChI is InChI=1S/C20H26N8O/c1-14-11-18(27(3)24-14)28-10-4-5-17(12-28)23-20(29)22-16-8-6-15(7-9-16)19-21-13-26(2)25-19/h6-9,11,13,17H,4-5,10,12H2,1-3H3,(H2,22,23,29). The van der Waals surface area contributed by atoms with Crippen molar-refractivity contribution in [3.05, 3.63) is 42.4 Å². The molecule has 29 heavy (non-hydrogen) atoms. The normalized spacial score (nSPS) is 16.7. The lowest BCUT2D eigenvalue weighted by Crippen LogP contribution is -2.49. The number of aromatic nitrogens is 5. The molecular weight excluding hydrogens is 368 g/mol. The van der Waals surface area contributed by atoms with E-state index in [0.717, 1.165) is 48.7 Å². The van der Waals surface area contributed by atoms with Crippen LogP contribution in [-0.4, -0.2) is 49.7 Å². The van der Waals surface area contributed by atoms with Gasteiger partial charge in [-0.15, -0.1) is 0 Å². The summed E-state index contributed by atoms with van der Waals surface area (Å²) in [6.45, 7) is 3.74. The number of nitrogens with one attached hydrogen (secondary N) is 2. The van der Waals surface area contributed by atoms with Gasteiger partial charge in [-0.05, 0) is 44.0 Å². The van der Waals surface area contributed by atoms with Crippen molar-refractivity contribution in [1.29, 1.82) is 0 Å². The Hall–Kier alpha value is -3.36. The number of benzene rings is 1. The number of anilines is 2. The van der Waals surface area contributed by atoms with E-state index in [1.807, 2.05) is 50.0 Å². The fourth-order valence-electron chi connectivity index (χ4n) is 3.72. The third-order valence-corrected chi connectivity index (χ3v) is 5.06. The van der Waals surface area contributed by atoms with Crippen LogP contribution in [0.15, 0.2) is 36.7 Å². The number of amides is 2. The van der Waals surface area contributed by atoms with Crippen LogP contribution in [-0.2, 0) is 14.1 Å². The topological polar surface area (TPSA) is 92.9 Å². The van der Waals surface area contributed by atoms with Crippen molar-refractivity contribution in [2.45, 2.75) is 25.8 Å². The Morgan fingerprint density at radius 2 is 1.97 bits per heavy atom. The van der Waals surface area contributed by atoms with Crippen molar-refractivity contribution in [3.63, 3.8) is 0 Å². The maximum atomic E-state index is 12.5. The lowest BCUT2D eigenvalue weighted by Gasteiger charge is -2.34. The van der Waals surface area contributed by atoms with E-state index in [2.05, 4.69) is 36.8 Å². The Labute approximate surface area is 169 Å². The van der Waals surface area contributed by atoms with Crippen LogP contribution < -0.4 is 15.5 Å². The van der Waals surface area contributed by atoms with Crippen molar-refractivity contribution in [2.24, 2.45) is 14.1 Å². The summed E-state index contributed by atoms with van der Waals surface area (Å²) in [5, 5.41) is 14.7. The van der Waals surface area contributed by atoms with Gasteiger partial charge in [0.05, 0.1) is 5.69 Å². The lowest BCUT2D eigenvalue weighted by atomic mass is 10.1. The number of rotatable bonds is 4. The molecule has 0 aliphatic carbocycles. The van der Waals surface area contributed by atoms with E-state index in [0.29, 0.717) is 5.82 Å². The first-order chi connectivity index (χ1) is 14.0. The number of piperidine rings is 1. The molecule has 2 amide bonds. The third kappa shape index (κ3) is 4.39. The molecule has 1 saturated heterocycles. The molecule has 4 rings (SSSR count). The Kier molecular flexibility index (Phi) is 5.20. The Bertz CT molecular complexity index is 990.